The summed E-state index contributed by atoms with van der Waals surface area (Å²) in [5.74, 6) is 0. The highest BCUT2D eigenvalue weighted by Gasteiger charge is 2.11. The molecule has 0 amide bonds. The zero-order valence-corrected chi connectivity index (χ0v) is 11.3. The number of hydrogen-bond donors (Lipinski definition) is 1. The number of nitrogens with zero attached hydrogens (tertiary/aromatic N) is 1. The summed E-state index contributed by atoms with van der Waals surface area (Å²) in [6.07, 6.45) is 1.84. The van der Waals surface area contributed by atoms with Crippen molar-refractivity contribution in [1.82, 2.24) is 4.98 Å². The van der Waals surface area contributed by atoms with Gasteiger partial charge in [-0.3, -0.25) is 0 Å². The summed E-state index contributed by atoms with van der Waals surface area (Å²) in [4.78, 5) is 4.03. The quantitative estimate of drug-likeness (QED) is 0.865. The molecule has 1 rings (SSSR count). The summed E-state index contributed by atoms with van der Waals surface area (Å²) < 4.78 is 6.00. The first kappa shape index (κ1) is 12.7. The van der Waals surface area contributed by atoms with Gasteiger partial charge in [-0.25, -0.2) is 4.98 Å². The Morgan fingerprint density at radius 3 is 2.73 bits per heavy atom. The van der Waals surface area contributed by atoms with Crippen molar-refractivity contribution in [2.24, 2.45) is 0 Å². The number of pyridine rings is 1. The van der Waals surface area contributed by atoms with Crippen LogP contribution in [0.2, 0.25) is 5.15 Å². The summed E-state index contributed by atoms with van der Waals surface area (Å²) >= 11 is 9.12. The lowest BCUT2D eigenvalue weighted by molar-refractivity contribution is 0.106. The molecule has 0 aliphatic carbocycles. The van der Waals surface area contributed by atoms with E-state index in [0.717, 1.165) is 10.2 Å². The van der Waals surface area contributed by atoms with E-state index in [1.54, 1.807) is 13.3 Å². The summed E-state index contributed by atoms with van der Waals surface area (Å²) in [6, 6.07) is 2.11. The van der Waals surface area contributed by atoms with Crippen molar-refractivity contribution in [3.8, 4) is 0 Å². The van der Waals surface area contributed by atoms with Crippen LogP contribution in [0, 0.1) is 0 Å². The highest BCUT2D eigenvalue weighted by atomic mass is 79.9. The fraction of sp³-hybridized carbons (Fsp3) is 0.500. The zero-order valence-electron chi connectivity index (χ0n) is 8.92. The van der Waals surface area contributed by atoms with Gasteiger partial charge in [0.05, 0.1) is 22.5 Å². The predicted octanol–water partition coefficient (Wildman–Crippen LogP) is 3.33. The summed E-state index contributed by atoms with van der Waals surface area (Å²) in [5, 5.41) is 3.75. The number of ether oxygens (including phenoxy) is 1. The average molecular weight is 294 g/mol. The molecule has 1 aromatic rings. The minimum absolute atomic E-state index is 0.138. The smallest absolute Gasteiger partial charge is 0.143 e. The van der Waals surface area contributed by atoms with Gasteiger partial charge in [-0.15, -0.1) is 0 Å². The number of anilines is 1. The Labute approximate surface area is 103 Å². The molecule has 1 heterocycles. The molecular formula is C10H14BrClN2O. The predicted molar refractivity (Wildman–Crippen MR) is 66.5 cm³/mol. The van der Waals surface area contributed by atoms with Gasteiger partial charge in [-0.1, -0.05) is 11.6 Å². The van der Waals surface area contributed by atoms with E-state index in [1.165, 1.54) is 0 Å². The van der Waals surface area contributed by atoms with E-state index in [2.05, 4.69) is 33.2 Å². The minimum Gasteiger partial charge on any atom is -0.380 e. The third-order valence-electron chi connectivity index (χ3n) is 2.27. The molecule has 2 atom stereocenters. The van der Waals surface area contributed by atoms with Crippen LogP contribution >= 0.6 is 27.5 Å². The molecule has 1 aromatic heterocycles. The molecule has 5 heteroatoms. The minimum atomic E-state index is 0.138. The van der Waals surface area contributed by atoms with Crippen LogP contribution < -0.4 is 5.32 Å². The van der Waals surface area contributed by atoms with E-state index >= 15 is 0 Å². The molecule has 0 bridgehead atoms. The monoisotopic (exact) mass is 292 g/mol. The number of rotatable bonds is 4. The molecule has 3 nitrogen and oxygen atoms in total. The molecule has 0 spiro atoms. The van der Waals surface area contributed by atoms with Gasteiger partial charge in [0.2, 0.25) is 0 Å². The SMILES string of the molecule is COC(C)C(C)Nc1cnc(Cl)c(Br)c1. The van der Waals surface area contributed by atoms with Gasteiger partial charge in [0, 0.05) is 13.2 Å². The van der Waals surface area contributed by atoms with E-state index < -0.39 is 0 Å². The lowest BCUT2D eigenvalue weighted by Gasteiger charge is -2.20. The lowest BCUT2D eigenvalue weighted by atomic mass is 10.2. The lowest BCUT2D eigenvalue weighted by Crippen LogP contribution is -2.29. The van der Waals surface area contributed by atoms with Crippen LogP contribution in [0.25, 0.3) is 0 Å². The molecular weight excluding hydrogens is 279 g/mol. The van der Waals surface area contributed by atoms with Gasteiger partial charge in [0.1, 0.15) is 5.15 Å². The largest absolute Gasteiger partial charge is 0.380 e. The van der Waals surface area contributed by atoms with Crippen LogP contribution in [0.1, 0.15) is 13.8 Å². The van der Waals surface area contributed by atoms with Gasteiger partial charge in [0.15, 0.2) is 0 Å². The fourth-order valence-corrected chi connectivity index (χ4v) is 1.54. The van der Waals surface area contributed by atoms with Gasteiger partial charge < -0.3 is 10.1 Å². The molecule has 0 radical (unpaired) electrons. The van der Waals surface area contributed by atoms with Gasteiger partial charge >= 0.3 is 0 Å². The van der Waals surface area contributed by atoms with Gasteiger partial charge in [0.25, 0.3) is 0 Å². The van der Waals surface area contributed by atoms with Crippen LogP contribution in [-0.2, 0) is 4.74 Å². The van der Waals surface area contributed by atoms with Crippen molar-refractivity contribution < 1.29 is 4.74 Å². The Hall–Kier alpha value is -0.320. The van der Waals surface area contributed by atoms with Crippen LogP contribution in [0.3, 0.4) is 0 Å². The number of nitrogens with one attached hydrogen (secondary N) is 1. The van der Waals surface area contributed by atoms with Crippen molar-refractivity contribution in [2.75, 3.05) is 12.4 Å². The van der Waals surface area contributed by atoms with Crippen LogP contribution in [0.4, 0.5) is 5.69 Å². The van der Waals surface area contributed by atoms with Crippen LogP contribution in [0.5, 0.6) is 0 Å². The number of halogens is 2. The average Bonchev–Trinajstić information content (AvgIpc) is 2.22. The van der Waals surface area contributed by atoms with E-state index in [-0.39, 0.29) is 12.1 Å². The third kappa shape index (κ3) is 3.63. The third-order valence-corrected chi connectivity index (χ3v) is 3.40. The van der Waals surface area contributed by atoms with Gasteiger partial charge in [-0.05, 0) is 35.8 Å². The molecule has 0 aromatic carbocycles. The van der Waals surface area contributed by atoms with Crippen molar-refractivity contribution in [3.63, 3.8) is 0 Å². The van der Waals surface area contributed by atoms with Crippen molar-refractivity contribution in [1.29, 1.82) is 0 Å². The first-order chi connectivity index (χ1) is 7.04. The highest BCUT2D eigenvalue weighted by Crippen LogP contribution is 2.23. The van der Waals surface area contributed by atoms with Crippen molar-refractivity contribution in [2.45, 2.75) is 26.0 Å². The zero-order chi connectivity index (χ0) is 11.4. The Bertz CT molecular complexity index is 335. The van der Waals surface area contributed by atoms with E-state index in [1.807, 2.05) is 13.0 Å². The first-order valence-corrected chi connectivity index (χ1v) is 5.82. The molecule has 0 saturated heterocycles. The maximum atomic E-state index is 5.80. The maximum Gasteiger partial charge on any atom is 0.143 e. The summed E-state index contributed by atoms with van der Waals surface area (Å²) in [5.41, 5.74) is 0.919. The Balaban J connectivity index is 2.68. The molecule has 15 heavy (non-hydrogen) atoms. The Morgan fingerprint density at radius 2 is 2.20 bits per heavy atom. The fourth-order valence-electron chi connectivity index (χ4n) is 1.08. The van der Waals surface area contributed by atoms with Crippen molar-refractivity contribution >= 4 is 33.2 Å². The molecule has 2 unspecified atom stereocenters. The summed E-state index contributed by atoms with van der Waals surface area (Å²) in [6.45, 7) is 4.06. The second-order valence-corrected chi connectivity index (χ2v) is 4.58. The number of aromatic nitrogens is 1. The normalized spacial score (nSPS) is 14.7. The maximum absolute atomic E-state index is 5.80. The molecule has 84 valence electrons. The van der Waals surface area contributed by atoms with E-state index in [4.69, 9.17) is 16.3 Å². The van der Waals surface area contributed by atoms with Crippen LogP contribution in [-0.4, -0.2) is 24.2 Å². The van der Waals surface area contributed by atoms with Crippen molar-refractivity contribution in [3.05, 3.63) is 21.9 Å². The highest BCUT2D eigenvalue weighted by molar-refractivity contribution is 9.10. The second-order valence-electron chi connectivity index (χ2n) is 3.37. The molecule has 0 saturated carbocycles. The number of hydrogen-bond acceptors (Lipinski definition) is 3. The second kappa shape index (κ2) is 5.68. The molecule has 0 aliphatic rings. The molecule has 0 aliphatic heterocycles. The Kier molecular flexibility index (Phi) is 4.83. The van der Waals surface area contributed by atoms with E-state index in [9.17, 15) is 0 Å². The summed E-state index contributed by atoms with van der Waals surface area (Å²) in [7, 11) is 1.69. The van der Waals surface area contributed by atoms with Crippen LogP contribution in [0.15, 0.2) is 16.7 Å². The molecule has 0 fully saturated rings. The standard InChI is InChI=1S/C10H14BrClN2O/c1-6(7(2)15-3)14-8-4-9(11)10(12)13-5-8/h4-7,14H,1-3H3. The van der Waals surface area contributed by atoms with E-state index in [0.29, 0.717) is 5.15 Å². The first-order valence-electron chi connectivity index (χ1n) is 4.65. The molecule has 1 N–H and O–H groups in total. The topological polar surface area (TPSA) is 34.1 Å². The van der Waals surface area contributed by atoms with Gasteiger partial charge in [-0.2, -0.15) is 0 Å². The number of methoxy groups -OCH3 is 1. The Morgan fingerprint density at radius 1 is 1.53 bits per heavy atom.